The molecule has 0 aliphatic carbocycles. The summed E-state index contributed by atoms with van der Waals surface area (Å²) in [6.45, 7) is 1.81. The van der Waals surface area contributed by atoms with E-state index in [4.69, 9.17) is 0 Å². The van der Waals surface area contributed by atoms with E-state index in [2.05, 4.69) is 10.4 Å². The van der Waals surface area contributed by atoms with Crippen molar-refractivity contribution in [2.45, 2.75) is 6.92 Å². The van der Waals surface area contributed by atoms with Crippen LogP contribution in [0.2, 0.25) is 0 Å². The van der Waals surface area contributed by atoms with Crippen LogP contribution in [0, 0.1) is 0 Å². The second-order valence-corrected chi connectivity index (χ2v) is 2.94. The summed E-state index contributed by atoms with van der Waals surface area (Å²) in [6, 6.07) is 9.17. The van der Waals surface area contributed by atoms with Crippen molar-refractivity contribution in [3.63, 3.8) is 0 Å². The van der Waals surface area contributed by atoms with E-state index >= 15 is 0 Å². The van der Waals surface area contributed by atoms with Crippen LogP contribution >= 0.6 is 0 Å². The quantitative estimate of drug-likeness (QED) is 0.727. The maximum Gasteiger partial charge on any atom is 0.372 e. The molecule has 0 saturated heterocycles. The highest BCUT2D eigenvalue weighted by Crippen LogP contribution is 2.00. The molecule has 15 heavy (non-hydrogen) atoms. The molecule has 0 amide bonds. The summed E-state index contributed by atoms with van der Waals surface area (Å²) in [5.41, 5.74) is 0.428. The third-order valence-corrected chi connectivity index (χ3v) is 1.89. The van der Waals surface area contributed by atoms with E-state index in [1.54, 1.807) is 24.4 Å². The number of para-hydroxylation sites is 1. The molecule has 76 valence electrons. The molecule has 0 radical (unpaired) electrons. The van der Waals surface area contributed by atoms with Crippen molar-refractivity contribution >= 4 is 6.20 Å². The number of hydrogen-bond donors (Lipinski definition) is 0. The molecule has 2 rings (SSSR count). The highest BCUT2D eigenvalue weighted by Gasteiger charge is 2.05. The Hall–Kier alpha value is -2.17. The van der Waals surface area contributed by atoms with E-state index < -0.39 is 0 Å². The lowest BCUT2D eigenvalue weighted by Crippen LogP contribution is -2.21. The fraction of sp³-hybridized carbons (Fsp3) is 0.100. The molecule has 1 heterocycles. The minimum absolute atomic E-state index is 0.278. The first-order valence-electron chi connectivity index (χ1n) is 4.55. The van der Waals surface area contributed by atoms with Crippen molar-refractivity contribution in [3.8, 4) is 5.69 Å². The zero-order chi connectivity index (χ0) is 10.7. The Bertz CT molecular complexity index is 524. The van der Waals surface area contributed by atoms with Gasteiger partial charge in [-0.1, -0.05) is 24.3 Å². The second kappa shape index (κ2) is 3.91. The third-order valence-electron chi connectivity index (χ3n) is 1.89. The number of allylic oxidation sites excluding steroid dienone is 1. The summed E-state index contributed by atoms with van der Waals surface area (Å²) < 4.78 is 2.44. The van der Waals surface area contributed by atoms with Gasteiger partial charge in [-0.3, -0.25) is 0 Å². The zero-order valence-corrected chi connectivity index (χ0v) is 8.24. The molecular formula is C10H10N4O. The molecular weight excluding hydrogens is 192 g/mol. The summed E-state index contributed by atoms with van der Waals surface area (Å²) in [7, 11) is 0. The van der Waals surface area contributed by atoms with Crippen LogP contribution in [0.15, 0.2) is 41.2 Å². The van der Waals surface area contributed by atoms with Gasteiger partial charge in [-0.2, -0.15) is 9.36 Å². The minimum Gasteiger partial charge on any atom is -0.243 e. The Morgan fingerprint density at radius 3 is 2.60 bits per heavy atom. The largest absolute Gasteiger partial charge is 0.372 e. The number of benzene rings is 1. The molecule has 0 unspecified atom stereocenters. The molecule has 1 aromatic heterocycles. The van der Waals surface area contributed by atoms with Crippen molar-refractivity contribution in [1.29, 1.82) is 0 Å². The lowest BCUT2D eigenvalue weighted by atomic mass is 10.3. The number of aromatic nitrogens is 4. The fourth-order valence-electron chi connectivity index (χ4n) is 1.22. The summed E-state index contributed by atoms with van der Waals surface area (Å²) in [5.74, 6) is 0. The van der Waals surface area contributed by atoms with Crippen LogP contribution in [0.1, 0.15) is 6.92 Å². The predicted molar refractivity (Wildman–Crippen MR) is 56.6 cm³/mol. The van der Waals surface area contributed by atoms with E-state index in [9.17, 15) is 4.79 Å². The van der Waals surface area contributed by atoms with Gasteiger partial charge in [-0.05, 0) is 29.5 Å². The van der Waals surface area contributed by atoms with Gasteiger partial charge in [-0.15, -0.1) is 0 Å². The molecule has 0 spiro atoms. The van der Waals surface area contributed by atoms with Crippen molar-refractivity contribution in [3.05, 3.63) is 46.9 Å². The third kappa shape index (κ3) is 1.71. The fourth-order valence-corrected chi connectivity index (χ4v) is 1.22. The number of tetrazole rings is 1. The van der Waals surface area contributed by atoms with Gasteiger partial charge in [0.25, 0.3) is 0 Å². The van der Waals surface area contributed by atoms with E-state index in [1.807, 2.05) is 25.1 Å². The van der Waals surface area contributed by atoms with Gasteiger partial charge >= 0.3 is 5.69 Å². The monoisotopic (exact) mass is 202 g/mol. The number of nitrogens with zero attached hydrogens (tertiary/aromatic N) is 4. The van der Waals surface area contributed by atoms with Crippen molar-refractivity contribution in [2.75, 3.05) is 0 Å². The molecule has 0 fully saturated rings. The normalized spacial score (nSPS) is 11.0. The molecule has 2 aromatic rings. The van der Waals surface area contributed by atoms with Gasteiger partial charge in [0, 0.05) is 6.20 Å². The maximum atomic E-state index is 11.7. The highest BCUT2D eigenvalue weighted by atomic mass is 16.2. The average molecular weight is 202 g/mol. The molecule has 5 nitrogen and oxygen atoms in total. The average Bonchev–Trinajstić information content (AvgIpc) is 2.63. The number of rotatable bonds is 2. The van der Waals surface area contributed by atoms with Gasteiger partial charge in [0.2, 0.25) is 0 Å². The summed E-state index contributed by atoms with van der Waals surface area (Å²) >= 11 is 0. The standard InChI is InChI=1S/C10H10N4O/c1-2-8-13-10(15)14(12-11-13)9-6-4-3-5-7-9/h2-8H,1H3/b8-2+. The molecule has 0 bridgehead atoms. The lowest BCUT2D eigenvalue weighted by Gasteiger charge is -1.94. The molecule has 0 N–H and O–H groups in total. The Morgan fingerprint density at radius 2 is 1.93 bits per heavy atom. The van der Waals surface area contributed by atoms with Crippen molar-refractivity contribution < 1.29 is 0 Å². The topological polar surface area (TPSA) is 52.7 Å². The van der Waals surface area contributed by atoms with E-state index in [0.29, 0.717) is 5.69 Å². The van der Waals surface area contributed by atoms with Crippen molar-refractivity contribution in [1.82, 2.24) is 19.8 Å². The summed E-state index contributed by atoms with van der Waals surface area (Å²) in [4.78, 5) is 11.7. The minimum atomic E-state index is -0.278. The zero-order valence-electron chi connectivity index (χ0n) is 8.24. The SMILES string of the molecule is C/C=C/n1nnn(-c2ccccc2)c1=O. The van der Waals surface area contributed by atoms with Gasteiger partial charge < -0.3 is 0 Å². The van der Waals surface area contributed by atoms with Gasteiger partial charge in [0.1, 0.15) is 0 Å². The Morgan fingerprint density at radius 1 is 1.20 bits per heavy atom. The van der Waals surface area contributed by atoms with Crippen LogP contribution < -0.4 is 5.69 Å². The molecule has 1 aromatic carbocycles. The maximum absolute atomic E-state index is 11.7. The van der Waals surface area contributed by atoms with E-state index in [1.165, 1.54) is 9.36 Å². The Balaban J connectivity index is 2.52. The van der Waals surface area contributed by atoms with Gasteiger partial charge in [0.05, 0.1) is 5.69 Å². The van der Waals surface area contributed by atoms with Gasteiger partial charge in [-0.25, -0.2) is 4.79 Å². The Labute approximate surface area is 86.2 Å². The first-order chi connectivity index (χ1) is 7.33. The first kappa shape index (κ1) is 9.39. The number of hydrogen-bond acceptors (Lipinski definition) is 3. The van der Waals surface area contributed by atoms with E-state index in [-0.39, 0.29) is 5.69 Å². The molecule has 0 aliphatic rings. The molecule has 0 saturated carbocycles. The van der Waals surface area contributed by atoms with Crippen LogP contribution in [0.25, 0.3) is 11.9 Å². The first-order valence-corrected chi connectivity index (χ1v) is 4.55. The van der Waals surface area contributed by atoms with Crippen LogP contribution in [0.3, 0.4) is 0 Å². The van der Waals surface area contributed by atoms with Crippen LogP contribution in [0.4, 0.5) is 0 Å². The van der Waals surface area contributed by atoms with Crippen LogP contribution in [-0.4, -0.2) is 19.8 Å². The van der Waals surface area contributed by atoms with Crippen LogP contribution in [0.5, 0.6) is 0 Å². The predicted octanol–water partition coefficient (Wildman–Crippen LogP) is 0.920. The highest BCUT2D eigenvalue weighted by molar-refractivity contribution is 5.29. The second-order valence-electron chi connectivity index (χ2n) is 2.94. The van der Waals surface area contributed by atoms with Gasteiger partial charge in [0.15, 0.2) is 0 Å². The smallest absolute Gasteiger partial charge is 0.243 e. The molecule has 5 heteroatoms. The molecule has 0 aliphatic heterocycles. The lowest BCUT2D eigenvalue weighted by molar-refractivity contribution is 0.767. The van der Waals surface area contributed by atoms with E-state index in [0.717, 1.165) is 0 Å². The Kier molecular flexibility index (Phi) is 2.45. The van der Waals surface area contributed by atoms with Crippen LogP contribution in [-0.2, 0) is 0 Å². The van der Waals surface area contributed by atoms with Crippen molar-refractivity contribution in [2.24, 2.45) is 0 Å². The summed E-state index contributed by atoms with van der Waals surface area (Å²) in [6.07, 6.45) is 3.29. The summed E-state index contributed by atoms with van der Waals surface area (Å²) in [5, 5.41) is 7.48. The molecule has 0 atom stereocenters.